The number of rotatable bonds is 5. The molecule has 0 unspecified atom stereocenters. The van der Waals surface area contributed by atoms with Crippen LogP contribution in [-0.2, 0) is 11.3 Å². The molecule has 3 nitrogen and oxygen atoms in total. The van der Waals surface area contributed by atoms with Gasteiger partial charge in [-0.25, -0.2) is 4.79 Å². The molecule has 3 heteroatoms. The molecule has 0 atom stereocenters. The van der Waals surface area contributed by atoms with Gasteiger partial charge in [-0.15, -0.1) is 0 Å². The maximum Gasteiger partial charge on any atom is 0.328 e. The van der Waals surface area contributed by atoms with Crippen LogP contribution in [0.5, 0.6) is 0 Å². The van der Waals surface area contributed by atoms with Crippen LogP contribution in [0.2, 0.25) is 0 Å². The number of likely N-dealkylation sites (N-methyl/N-ethyl adjacent to an activating group) is 1. The maximum absolute atomic E-state index is 10.4. The highest BCUT2D eigenvalue weighted by molar-refractivity contribution is 5.79. The van der Waals surface area contributed by atoms with Gasteiger partial charge in [0.05, 0.1) is 0 Å². The van der Waals surface area contributed by atoms with Gasteiger partial charge >= 0.3 is 5.97 Å². The minimum absolute atomic E-state index is 0.637. The van der Waals surface area contributed by atoms with E-state index >= 15 is 0 Å². The van der Waals surface area contributed by atoms with Crippen molar-refractivity contribution in [2.24, 2.45) is 0 Å². The molecule has 104 valence electrons. The molecule has 0 saturated carbocycles. The normalized spacial score (nSPS) is 11.5. The van der Waals surface area contributed by atoms with Crippen LogP contribution in [0.3, 0.4) is 0 Å². The smallest absolute Gasteiger partial charge is 0.328 e. The van der Waals surface area contributed by atoms with Crippen molar-refractivity contribution in [3.63, 3.8) is 0 Å². The number of benzene rings is 1. The molecule has 0 amide bonds. The molecule has 1 aromatic rings. The summed E-state index contributed by atoms with van der Waals surface area (Å²) in [5.74, 6) is -0.896. The van der Waals surface area contributed by atoms with E-state index in [9.17, 15) is 4.79 Å². The van der Waals surface area contributed by atoms with Crippen molar-refractivity contribution in [1.29, 1.82) is 0 Å². The molecule has 0 spiro atoms. The fourth-order valence-corrected chi connectivity index (χ4v) is 2.20. The lowest BCUT2D eigenvalue weighted by Crippen LogP contribution is -2.19. The summed E-state index contributed by atoms with van der Waals surface area (Å²) in [7, 11) is 2.00. The van der Waals surface area contributed by atoms with Crippen LogP contribution in [0, 0.1) is 27.7 Å². The Bertz CT molecular complexity index is 478. The van der Waals surface area contributed by atoms with E-state index in [1.54, 1.807) is 6.08 Å². The summed E-state index contributed by atoms with van der Waals surface area (Å²) in [5, 5.41) is 8.57. The standard InChI is InChI=1S/C16H23NO2/c1-11-9-12(2)14(4)15(13(11)3)10-17(5)8-6-7-16(18)19/h6-7,9H,8,10H2,1-5H3,(H,18,19)/b7-6+. The molecule has 0 aliphatic carbocycles. The summed E-state index contributed by atoms with van der Waals surface area (Å²) in [5.41, 5.74) is 6.64. The summed E-state index contributed by atoms with van der Waals surface area (Å²) in [6, 6.07) is 2.22. The molecule has 0 aliphatic heterocycles. The summed E-state index contributed by atoms with van der Waals surface area (Å²) >= 11 is 0. The van der Waals surface area contributed by atoms with Gasteiger partial charge < -0.3 is 5.11 Å². The first-order valence-electron chi connectivity index (χ1n) is 6.47. The quantitative estimate of drug-likeness (QED) is 0.828. The van der Waals surface area contributed by atoms with Gasteiger partial charge in [0.2, 0.25) is 0 Å². The van der Waals surface area contributed by atoms with Crippen LogP contribution < -0.4 is 0 Å². The average molecular weight is 261 g/mol. The number of hydrogen-bond acceptors (Lipinski definition) is 2. The Morgan fingerprint density at radius 2 is 1.74 bits per heavy atom. The third kappa shape index (κ3) is 4.21. The zero-order chi connectivity index (χ0) is 14.6. The van der Waals surface area contributed by atoms with Gasteiger partial charge in [0.25, 0.3) is 0 Å². The number of carboxylic acids is 1. The average Bonchev–Trinajstić information content (AvgIpc) is 2.32. The van der Waals surface area contributed by atoms with E-state index in [0.717, 1.165) is 6.54 Å². The van der Waals surface area contributed by atoms with E-state index in [4.69, 9.17) is 5.11 Å². The second kappa shape index (κ2) is 6.53. The second-order valence-corrected chi connectivity index (χ2v) is 5.18. The summed E-state index contributed by atoms with van der Waals surface area (Å²) in [4.78, 5) is 12.6. The molecule has 0 radical (unpaired) electrons. The molecule has 19 heavy (non-hydrogen) atoms. The second-order valence-electron chi connectivity index (χ2n) is 5.18. The highest BCUT2D eigenvalue weighted by Gasteiger charge is 2.10. The zero-order valence-electron chi connectivity index (χ0n) is 12.4. The lowest BCUT2D eigenvalue weighted by molar-refractivity contribution is -0.131. The molecule has 0 saturated heterocycles. The van der Waals surface area contributed by atoms with Gasteiger partial charge in [-0.05, 0) is 62.6 Å². The number of hydrogen-bond donors (Lipinski definition) is 1. The molecule has 0 aromatic heterocycles. The Labute approximate surface area is 115 Å². The lowest BCUT2D eigenvalue weighted by Gasteiger charge is -2.20. The molecule has 1 aromatic carbocycles. The number of carbonyl (C=O) groups is 1. The van der Waals surface area contributed by atoms with Crippen molar-refractivity contribution in [2.75, 3.05) is 13.6 Å². The molecular weight excluding hydrogens is 238 g/mol. The minimum Gasteiger partial charge on any atom is -0.478 e. The molecule has 0 aliphatic rings. The van der Waals surface area contributed by atoms with E-state index in [1.807, 2.05) is 7.05 Å². The monoisotopic (exact) mass is 261 g/mol. The van der Waals surface area contributed by atoms with E-state index in [-0.39, 0.29) is 0 Å². The molecule has 1 rings (SSSR count). The van der Waals surface area contributed by atoms with E-state index in [1.165, 1.54) is 33.9 Å². The van der Waals surface area contributed by atoms with Crippen molar-refractivity contribution in [2.45, 2.75) is 34.2 Å². The molecule has 0 heterocycles. The topological polar surface area (TPSA) is 40.5 Å². The summed E-state index contributed by atoms with van der Waals surface area (Å²) in [6.45, 7) is 10.0. The van der Waals surface area contributed by atoms with Gasteiger partial charge in [0.15, 0.2) is 0 Å². The Hall–Kier alpha value is -1.61. The fourth-order valence-electron chi connectivity index (χ4n) is 2.20. The first kappa shape index (κ1) is 15.4. The third-order valence-electron chi connectivity index (χ3n) is 3.63. The first-order valence-corrected chi connectivity index (χ1v) is 6.47. The van der Waals surface area contributed by atoms with Gasteiger partial charge in [0.1, 0.15) is 0 Å². The molecular formula is C16H23NO2. The van der Waals surface area contributed by atoms with Crippen molar-refractivity contribution in [3.8, 4) is 0 Å². The van der Waals surface area contributed by atoms with E-state index in [0.29, 0.717) is 6.54 Å². The van der Waals surface area contributed by atoms with Crippen molar-refractivity contribution < 1.29 is 9.90 Å². The third-order valence-corrected chi connectivity index (χ3v) is 3.63. The molecule has 1 N–H and O–H groups in total. The maximum atomic E-state index is 10.4. The van der Waals surface area contributed by atoms with Crippen molar-refractivity contribution >= 4 is 5.97 Å². The van der Waals surface area contributed by atoms with E-state index < -0.39 is 5.97 Å². The largest absolute Gasteiger partial charge is 0.478 e. The Kier molecular flexibility index (Phi) is 5.31. The first-order chi connectivity index (χ1) is 8.82. The highest BCUT2D eigenvalue weighted by Crippen LogP contribution is 2.22. The highest BCUT2D eigenvalue weighted by atomic mass is 16.4. The van der Waals surface area contributed by atoms with Crippen LogP contribution in [-0.4, -0.2) is 29.6 Å². The number of aryl methyl sites for hydroxylation is 2. The minimum atomic E-state index is -0.896. The SMILES string of the molecule is Cc1cc(C)c(C)c(CN(C)C/C=C/C(=O)O)c1C. The Balaban J connectivity index is 2.85. The fraction of sp³-hybridized carbons (Fsp3) is 0.438. The van der Waals surface area contributed by atoms with Gasteiger partial charge in [0, 0.05) is 19.2 Å². The molecule has 0 fully saturated rings. The van der Waals surface area contributed by atoms with Crippen molar-refractivity contribution in [1.82, 2.24) is 4.90 Å². The van der Waals surface area contributed by atoms with E-state index in [2.05, 4.69) is 38.7 Å². The van der Waals surface area contributed by atoms with Gasteiger partial charge in [-0.3, -0.25) is 4.90 Å². The van der Waals surface area contributed by atoms with Crippen LogP contribution in [0.1, 0.15) is 27.8 Å². The van der Waals surface area contributed by atoms with Crippen LogP contribution in [0.4, 0.5) is 0 Å². The zero-order valence-corrected chi connectivity index (χ0v) is 12.4. The molecule has 0 bridgehead atoms. The summed E-state index contributed by atoms with van der Waals surface area (Å²) in [6.07, 6.45) is 2.87. The number of nitrogens with zero attached hydrogens (tertiary/aromatic N) is 1. The Morgan fingerprint density at radius 3 is 2.21 bits per heavy atom. The predicted molar refractivity (Wildman–Crippen MR) is 78.5 cm³/mol. The summed E-state index contributed by atoms with van der Waals surface area (Å²) < 4.78 is 0. The van der Waals surface area contributed by atoms with Crippen LogP contribution >= 0.6 is 0 Å². The number of aliphatic carboxylic acids is 1. The van der Waals surface area contributed by atoms with Gasteiger partial charge in [-0.1, -0.05) is 12.1 Å². The van der Waals surface area contributed by atoms with Gasteiger partial charge in [-0.2, -0.15) is 0 Å². The number of carboxylic acid groups (broad SMARTS) is 1. The predicted octanol–water partition coefficient (Wildman–Crippen LogP) is 2.99. The van der Waals surface area contributed by atoms with Crippen molar-refractivity contribution in [3.05, 3.63) is 46.0 Å². The Morgan fingerprint density at radius 1 is 1.21 bits per heavy atom. The van der Waals surface area contributed by atoms with Crippen LogP contribution in [0.25, 0.3) is 0 Å². The lowest BCUT2D eigenvalue weighted by atomic mass is 9.94. The van der Waals surface area contributed by atoms with Crippen LogP contribution in [0.15, 0.2) is 18.2 Å².